The van der Waals surface area contributed by atoms with Crippen LogP contribution in [-0.2, 0) is 6.54 Å². The SMILES string of the molecule is CN=C(NCCCSC)NCc1cccc(C)c1.I. The van der Waals surface area contributed by atoms with Gasteiger partial charge in [0.15, 0.2) is 5.96 Å². The highest BCUT2D eigenvalue weighted by Gasteiger charge is 1.97. The summed E-state index contributed by atoms with van der Waals surface area (Å²) in [6.07, 6.45) is 3.29. The van der Waals surface area contributed by atoms with Crippen LogP contribution in [0.5, 0.6) is 0 Å². The van der Waals surface area contributed by atoms with Crippen LogP contribution in [0.4, 0.5) is 0 Å². The van der Waals surface area contributed by atoms with Crippen molar-refractivity contribution in [1.29, 1.82) is 0 Å². The minimum absolute atomic E-state index is 0. The number of thioether (sulfide) groups is 1. The van der Waals surface area contributed by atoms with Gasteiger partial charge in [-0.1, -0.05) is 29.8 Å². The Balaban J connectivity index is 0.00000324. The van der Waals surface area contributed by atoms with E-state index >= 15 is 0 Å². The fraction of sp³-hybridized carbons (Fsp3) is 0.500. The van der Waals surface area contributed by atoms with Gasteiger partial charge in [-0.3, -0.25) is 4.99 Å². The highest BCUT2D eigenvalue weighted by atomic mass is 127. The van der Waals surface area contributed by atoms with E-state index in [0.29, 0.717) is 0 Å². The Labute approximate surface area is 138 Å². The van der Waals surface area contributed by atoms with Crippen molar-refractivity contribution in [2.75, 3.05) is 25.6 Å². The van der Waals surface area contributed by atoms with Gasteiger partial charge < -0.3 is 10.6 Å². The number of nitrogens with one attached hydrogen (secondary N) is 2. The molecule has 0 unspecified atom stereocenters. The zero-order chi connectivity index (χ0) is 13.2. The van der Waals surface area contributed by atoms with Crippen LogP contribution in [-0.4, -0.2) is 31.6 Å². The van der Waals surface area contributed by atoms with E-state index in [-0.39, 0.29) is 24.0 Å². The molecule has 1 rings (SSSR count). The van der Waals surface area contributed by atoms with Crippen LogP contribution in [0, 0.1) is 6.92 Å². The number of rotatable bonds is 6. The van der Waals surface area contributed by atoms with Crippen molar-refractivity contribution in [3.63, 3.8) is 0 Å². The van der Waals surface area contributed by atoms with Crippen molar-refractivity contribution in [1.82, 2.24) is 10.6 Å². The number of guanidine groups is 1. The van der Waals surface area contributed by atoms with E-state index in [0.717, 1.165) is 25.5 Å². The van der Waals surface area contributed by atoms with E-state index in [1.54, 1.807) is 7.05 Å². The van der Waals surface area contributed by atoms with Crippen LogP contribution in [0.25, 0.3) is 0 Å². The van der Waals surface area contributed by atoms with Crippen molar-refractivity contribution in [2.45, 2.75) is 19.9 Å². The molecule has 0 aliphatic carbocycles. The third-order valence-electron chi connectivity index (χ3n) is 2.58. The Morgan fingerprint density at radius 1 is 1.32 bits per heavy atom. The van der Waals surface area contributed by atoms with Crippen LogP contribution in [0.3, 0.4) is 0 Å². The average molecular weight is 393 g/mol. The summed E-state index contributed by atoms with van der Waals surface area (Å²) in [4.78, 5) is 4.21. The molecular weight excluding hydrogens is 369 g/mol. The van der Waals surface area contributed by atoms with Gasteiger partial charge in [-0.2, -0.15) is 11.8 Å². The van der Waals surface area contributed by atoms with Gasteiger partial charge in [0.1, 0.15) is 0 Å². The van der Waals surface area contributed by atoms with Crippen LogP contribution in [0.1, 0.15) is 17.5 Å². The summed E-state index contributed by atoms with van der Waals surface area (Å²) in [5, 5.41) is 6.64. The first-order chi connectivity index (χ1) is 8.76. The number of halogens is 1. The van der Waals surface area contributed by atoms with E-state index in [1.165, 1.54) is 16.9 Å². The normalized spacial score (nSPS) is 10.8. The zero-order valence-electron chi connectivity index (χ0n) is 11.9. The largest absolute Gasteiger partial charge is 0.356 e. The Morgan fingerprint density at radius 2 is 2.11 bits per heavy atom. The molecule has 2 N–H and O–H groups in total. The molecule has 108 valence electrons. The summed E-state index contributed by atoms with van der Waals surface area (Å²) >= 11 is 1.87. The third-order valence-corrected chi connectivity index (χ3v) is 3.28. The molecule has 0 saturated heterocycles. The fourth-order valence-electron chi connectivity index (χ4n) is 1.65. The topological polar surface area (TPSA) is 36.4 Å². The molecule has 1 aromatic rings. The lowest BCUT2D eigenvalue weighted by Gasteiger charge is -2.11. The molecule has 0 amide bonds. The van der Waals surface area contributed by atoms with Gasteiger partial charge in [0.05, 0.1) is 0 Å². The molecule has 1 aromatic carbocycles. The minimum Gasteiger partial charge on any atom is -0.356 e. The van der Waals surface area contributed by atoms with Crippen molar-refractivity contribution in [2.24, 2.45) is 4.99 Å². The van der Waals surface area contributed by atoms with Gasteiger partial charge in [-0.25, -0.2) is 0 Å². The summed E-state index contributed by atoms with van der Waals surface area (Å²) < 4.78 is 0. The molecule has 0 aromatic heterocycles. The second-order valence-corrected chi connectivity index (χ2v) is 5.17. The first-order valence-corrected chi connectivity index (χ1v) is 7.64. The number of hydrogen-bond acceptors (Lipinski definition) is 2. The number of aliphatic imine (C=N–C) groups is 1. The maximum atomic E-state index is 4.21. The Kier molecular flexibility index (Phi) is 11.1. The van der Waals surface area contributed by atoms with E-state index in [9.17, 15) is 0 Å². The molecule has 0 atom stereocenters. The lowest BCUT2D eigenvalue weighted by Crippen LogP contribution is -2.37. The summed E-state index contributed by atoms with van der Waals surface area (Å²) in [5.41, 5.74) is 2.57. The summed E-state index contributed by atoms with van der Waals surface area (Å²) in [5.74, 6) is 2.06. The first-order valence-electron chi connectivity index (χ1n) is 6.25. The van der Waals surface area contributed by atoms with Gasteiger partial charge in [0, 0.05) is 20.1 Å². The van der Waals surface area contributed by atoms with Crippen molar-refractivity contribution >= 4 is 41.7 Å². The molecule has 0 aliphatic rings. The Bertz CT molecular complexity index is 383. The standard InChI is InChI=1S/C14H23N3S.HI/c1-12-6-4-7-13(10-12)11-17-14(15-2)16-8-5-9-18-3;/h4,6-7,10H,5,8-9,11H2,1-3H3,(H2,15,16,17);1H. The summed E-state index contributed by atoms with van der Waals surface area (Å²) in [6.45, 7) is 3.89. The van der Waals surface area contributed by atoms with Gasteiger partial charge in [-0.05, 0) is 30.9 Å². The molecule has 0 heterocycles. The predicted molar refractivity (Wildman–Crippen MR) is 97.8 cm³/mol. The van der Waals surface area contributed by atoms with E-state index in [2.05, 4.69) is 53.1 Å². The molecule has 5 heteroatoms. The van der Waals surface area contributed by atoms with Crippen molar-refractivity contribution < 1.29 is 0 Å². The van der Waals surface area contributed by atoms with Gasteiger partial charge in [0.25, 0.3) is 0 Å². The third kappa shape index (κ3) is 8.36. The maximum Gasteiger partial charge on any atom is 0.191 e. The fourth-order valence-corrected chi connectivity index (χ4v) is 2.08. The summed E-state index contributed by atoms with van der Waals surface area (Å²) in [7, 11) is 1.81. The molecule has 0 fully saturated rings. The quantitative estimate of drug-likeness (QED) is 0.338. The van der Waals surface area contributed by atoms with Crippen LogP contribution >= 0.6 is 35.7 Å². The Hall–Kier alpha value is -0.430. The first kappa shape index (κ1) is 18.6. The monoisotopic (exact) mass is 393 g/mol. The zero-order valence-corrected chi connectivity index (χ0v) is 15.0. The number of benzene rings is 1. The number of aryl methyl sites for hydroxylation is 1. The minimum atomic E-state index is 0. The van der Waals surface area contributed by atoms with E-state index in [4.69, 9.17) is 0 Å². The Morgan fingerprint density at radius 3 is 2.74 bits per heavy atom. The van der Waals surface area contributed by atoms with Crippen molar-refractivity contribution in [3.05, 3.63) is 35.4 Å². The molecule has 19 heavy (non-hydrogen) atoms. The second-order valence-electron chi connectivity index (χ2n) is 4.19. The molecule has 0 saturated carbocycles. The maximum absolute atomic E-state index is 4.21. The second kappa shape index (κ2) is 11.4. The lowest BCUT2D eigenvalue weighted by molar-refractivity contribution is 0.785. The summed E-state index contributed by atoms with van der Waals surface area (Å²) in [6, 6.07) is 8.51. The molecule has 3 nitrogen and oxygen atoms in total. The average Bonchev–Trinajstić information content (AvgIpc) is 2.38. The highest BCUT2D eigenvalue weighted by molar-refractivity contribution is 14.0. The predicted octanol–water partition coefficient (Wildman–Crippen LogP) is 3.03. The molecule has 0 bridgehead atoms. The number of hydrogen-bond donors (Lipinski definition) is 2. The molecule has 0 spiro atoms. The molecular formula is C14H24IN3S. The van der Waals surface area contributed by atoms with Gasteiger partial charge >= 0.3 is 0 Å². The van der Waals surface area contributed by atoms with E-state index in [1.807, 2.05) is 11.8 Å². The van der Waals surface area contributed by atoms with Gasteiger partial charge in [-0.15, -0.1) is 24.0 Å². The smallest absolute Gasteiger partial charge is 0.191 e. The van der Waals surface area contributed by atoms with Crippen LogP contribution < -0.4 is 10.6 Å². The van der Waals surface area contributed by atoms with Gasteiger partial charge in [0.2, 0.25) is 0 Å². The highest BCUT2D eigenvalue weighted by Crippen LogP contribution is 2.03. The van der Waals surface area contributed by atoms with Crippen LogP contribution in [0.15, 0.2) is 29.3 Å². The van der Waals surface area contributed by atoms with Crippen molar-refractivity contribution in [3.8, 4) is 0 Å². The molecule has 0 aliphatic heterocycles. The number of nitrogens with zero attached hydrogens (tertiary/aromatic N) is 1. The molecule has 0 radical (unpaired) electrons. The van der Waals surface area contributed by atoms with Crippen LogP contribution in [0.2, 0.25) is 0 Å². The lowest BCUT2D eigenvalue weighted by atomic mass is 10.1. The van der Waals surface area contributed by atoms with E-state index < -0.39 is 0 Å².